The van der Waals surface area contributed by atoms with Crippen LogP contribution in [-0.2, 0) is 4.79 Å². The van der Waals surface area contributed by atoms with E-state index in [0.29, 0.717) is 29.4 Å². The number of fused-ring (bicyclic) bond motifs is 1. The summed E-state index contributed by atoms with van der Waals surface area (Å²) in [6, 6.07) is 16.9. The molecular formula is C25H25ClN2O3. The van der Waals surface area contributed by atoms with Gasteiger partial charge in [0.05, 0.1) is 23.7 Å². The maximum atomic E-state index is 13.4. The number of methoxy groups -OCH3 is 1. The zero-order chi connectivity index (χ0) is 22.0. The van der Waals surface area contributed by atoms with Crippen LogP contribution in [0.1, 0.15) is 28.8 Å². The van der Waals surface area contributed by atoms with Crippen molar-refractivity contribution in [3.8, 4) is 5.75 Å². The Bertz CT molecular complexity index is 1140. The second-order valence-corrected chi connectivity index (χ2v) is 8.33. The molecule has 31 heavy (non-hydrogen) atoms. The van der Waals surface area contributed by atoms with Gasteiger partial charge < -0.3 is 15.0 Å². The molecule has 2 amide bonds. The predicted octanol–water partition coefficient (Wildman–Crippen LogP) is 5.30. The van der Waals surface area contributed by atoms with E-state index >= 15 is 0 Å². The number of benzene rings is 3. The zero-order valence-corrected chi connectivity index (χ0v) is 18.4. The molecule has 160 valence electrons. The SMILES string of the molecule is COc1ccc(C(=O)N2CCCC(C(=O)Nc3ccc(C)cc3Cl)C2)c2ccccc12. The summed E-state index contributed by atoms with van der Waals surface area (Å²) in [5, 5.41) is 5.19. The minimum Gasteiger partial charge on any atom is -0.496 e. The normalized spacial score (nSPS) is 16.2. The van der Waals surface area contributed by atoms with Crippen molar-refractivity contribution in [2.24, 2.45) is 5.92 Å². The maximum absolute atomic E-state index is 13.4. The van der Waals surface area contributed by atoms with Crippen molar-refractivity contribution in [1.29, 1.82) is 0 Å². The molecule has 0 saturated carbocycles. The van der Waals surface area contributed by atoms with Gasteiger partial charge in [0, 0.05) is 24.0 Å². The predicted molar refractivity (Wildman–Crippen MR) is 124 cm³/mol. The standard InChI is InChI=1S/C25H25ClN2O3/c1-16-9-11-22(21(26)14-16)27-24(29)17-6-5-13-28(15-17)25(30)20-10-12-23(31-2)19-8-4-3-7-18(19)20/h3-4,7-12,14,17H,5-6,13,15H2,1-2H3,(H,27,29). The minimum absolute atomic E-state index is 0.0651. The van der Waals surface area contributed by atoms with Crippen molar-refractivity contribution < 1.29 is 14.3 Å². The molecule has 3 aromatic carbocycles. The molecule has 1 unspecified atom stereocenters. The second kappa shape index (κ2) is 8.98. The Labute approximate surface area is 186 Å². The van der Waals surface area contributed by atoms with Crippen molar-refractivity contribution in [1.82, 2.24) is 4.90 Å². The van der Waals surface area contributed by atoms with Crippen molar-refractivity contribution in [3.05, 3.63) is 70.7 Å². The van der Waals surface area contributed by atoms with Gasteiger partial charge in [0.2, 0.25) is 5.91 Å². The van der Waals surface area contributed by atoms with Crippen LogP contribution >= 0.6 is 11.6 Å². The van der Waals surface area contributed by atoms with Crippen LogP contribution in [0.5, 0.6) is 5.75 Å². The molecular weight excluding hydrogens is 412 g/mol. The van der Waals surface area contributed by atoms with Crippen LogP contribution in [0, 0.1) is 12.8 Å². The number of aryl methyl sites for hydroxylation is 1. The number of nitrogens with zero attached hydrogens (tertiary/aromatic N) is 1. The number of anilines is 1. The van der Waals surface area contributed by atoms with Crippen LogP contribution in [0.3, 0.4) is 0 Å². The summed E-state index contributed by atoms with van der Waals surface area (Å²) < 4.78 is 5.44. The number of carbonyl (C=O) groups excluding carboxylic acids is 2. The monoisotopic (exact) mass is 436 g/mol. The van der Waals surface area contributed by atoms with Crippen LogP contribution in [0.2, 0.25) is 5.02 Å². The van der Waals surface area contributed by atoms with Crippen LogP contribution in [0.4, 0.5) is 5.69 Å². The van der Waals surface area contributed by atoms with E-state index in [0.717, 1.165) is 34.9 Å². The summed E-state index contributed by atoms with van der Waals surface area (Å²) >= 11 is 6.26. The van der Waals surface area contributed by atoms with E-state index in [9.17, 15) is 9.59 Å². The Morgan fingerprint density at radius 2 is 1.87 bits per heavy atom. The zero-order valence-electron chi connectivity index (χ0n) is 17.7. The summed E-state index contributed by atoms with van der Waals surface area (Å²) in [6.07, 6.45) is 1.52. The third-order valence-corrected chi connectivity index (χ3v) is 6.11. The first-order valence-corrected chi connectivity index (χ1v) is 10.8. The summed E-state index contributed by atoms with van der Waals surface area (Å²) in [7, 11) is 1.62. The van der Waals surface area contributed by atoms with Gasteiger partial charge in [-0.15, -0.1) is 0 Å². The number of piperidine rings is 1. The first kappa shape index (κ1) is 21.2. The van der Waals surface area contributed by atoms with Gasteiger partial charge in [0.15, 0.2) is 0 Å². The molecule has 6 heteroatoms. The highest BCUT2D eigenvalue weighted by molar-refractivity contribution is 6.33. The largest absolute Gasteiger partial charge is 0.496 e. The lowest BCUT2D eigenvalue weighted by atomic mass is 9.95. The van der Waals surface area contributed by atoms with Crippen molar-refractivity contribution in [2.45, 2.75) is 19.8 Å². The van der Waals surface area contributed by atoms with Crippen LogP contribution in [0.25, 0.3) is 10.8 Å². The van der Waals surface area contributed by atoms with Gasteiger partial charge in [-0.2, -0.15) is 0 Å². The first-order valence-electron chi connectivity index (χ1n) is 10.4. The lowest BCUT2D eigenvalue weighted by Gasteiger charge is -2.32. The summed E-state index contributed by atoms with van der Waals surface area (Å²) in [5.41, 5.74) is 2.25. The number of halogens is 1. The smallest absolute Gasteiger partial charge is 0.254 e. The van der Waals surface area contributed by atoms with E-state index < -0.39 is 0 Å². The summed E-state index contributed by atoms with van der Waals surface area (Å²) in [4.78, 5) is 28.0. The first-order chi connectivity index (χ1) is 15.0. The highest BCUT2D eigenvalue weighted by Crippen LogP contribution is 2.30. The molecule has 4 rings (SSSR count). The van der Waals surface area contributed by atoms with Gasteiger partial charge in [-0.05, 0) is 55.0 Å². The van der Waals surface area contributed by atoms with Gasteiger partial charge in [0.1, 0.15) is 5.75 Å². The highest BCUT2D eigenvalue weighted by Gasteiger charge is 2.30. The fourth-order valence-corrected chi connectivity index (χ4v) is 4.42. The molecule has 0 aromatic heterocycles. The molecule has 0 aliphatic carbocycles. The average Bonchev–Trinajstić information content (AvgIpc) is 2.79. The number of hydrogen-bond acceptors (Lipinski definition) is 3. The van der Waals surface area contributed by atoms with Gasteiger partial charge in [0.25, 0.3) is 5.91 Å². The second-order valence-electron chi connectivity index (χ2n) is 7.92. The third kappa shape index (κ3) is 4.37. The van der Waals surface area contributed by atoms with Gasteiger partial charge in [-0.25, -0.2) is 0 Å². The number of hydrogen-bond donors (Lipinski definition) is 1. The third-order valence-electron chi connectivity index (χ3n) is 5.80. The molecule has 0 bridgehead atoms. The molecule has 3 aromatic rings. The molecule has 1 N–H and O–H groups in total. The average molecular weight is 437 g/mol. The molecule has 1 atom stereocenters. The molecule has 1 aliphatic rings. The Morgan fingerprint density at radius 1 is 1.10 bits per heavy atom. The van der Waals surface area contributed by atoms with Crippen molar-refractivity contribution in [3.63, 3.8) is 0 Å². The topological polar surface area (TPSA) is 58.6 Å². The van der Waals surface area contributed by atoms with E-state index in [2.05, 4.69) is 5.32 Å². The van der Waals surface area contributed by atoms with E-state index in [1.165, 1.54) is 0 Å². The summed E-state index contributed by atoms with van der Waals surface area (Å²) in [5.74, 6) is 0.283. The number of ether oxygens (including phenoxy) is 1. The Morgan fingerprint density at radius 3 is 2.61 bits per heavy atom. The van der Waals surface area contributed by atoms with Crippen LogP contribution < -0.4 is 10.1 Å². The van der Waals surface area contributed by atoms with Crippen molar-refractivity contribution >= 4 is 39.9 Å². The number of amides is 2. The number of carbonyl (C=O) groups is 2. The number of nitrogens with one attached hydrogen (secondary N) is 1. The van der Waals surface area contributed by atoms with Gasteiger partial charge in [-0.3, -0.25) is 9.59 Å². The Kier molecular flexibility index (Phi) is 6.14. The molecule has 1 heterocycles. The fourth-order valence-electron chi connectivity index (χ4n) is 4.14. The fraction of sp³-hybridized carbons (Fsp3) is 0.280. The molecule has 1 fully saturated rings. The van der Waals surface area contributed by atoms with E-state index in [1.807, 2.05) is 55.5 Å². The number of likely N-dealkylation sites (tertiary alicyclic amines) is 1. The number of rotatable bonds is 4. The molecule has 1 aliphatic heterocycles. The van der Waals surface area contributed by atoms with Crippen molar-refractivity contribution in [2.75, 3.05) is 25.5 Å². The van der Waals surface area contributed by atoms with Crippen LogP contribution in [-0.4, -0.2) is 36.9 Å². The molecule has 5 nitrogen and oxygen atoms in total. The van der Waals surface area contributed by atoms with E-state index in [-0.39, 0.29) is 17.7 Å². The van der Waals surface area contributed by atoms with E-state index in [4.69, 9.17) is 16.3 Å². The maximum Gasteiger partial charge on any atom is 0.254 e. The highest BCUT2D eigenvalue weighted by atomic mass is 35.5. The summed E-state index contributed by atoms with van der Waals surface area (Å²) in [6.45, 7) is 2.97. The Hall–Kier alpha value is -3.05. The molecule has 0 radical (unpaired) electrons. The quantitative estimate of drug-likeness (QED) is 0.603. The lowest BCUT2D eigenvalue weighted by molar-refractivity contribution is -0.121. The minimum atomic E-state index is -0.278. The molecule has 0 spiro atoms. The van der Waals surface area contributed by atoms with Crippen LogP contribution in [0.15, 0.2) is 54.6 Å². The Balaban J connectivity index is 1.53. The van der Waals surface area contributed by atoms with Gasteiger partial charge in [-0.1, -0.05) is 41.9 Å². The van der Waals surface area contributed by atoms with Gasteiger partial charge >= 0.3 is 0 Å². The molecule has 1 saturated heterocycles. The van der Waals surface area contributed by atoms with E-state index in [1.54, 1.807) is 18.1 Å². The lowest BCUT2D eigenvalue weighted by Crippen LogP contribution is -2.43.